The van der Waals surface area contributed by atoms with Crippen molar-refractivity contribution in [2.45, 2.75) is 26.5 Å². The fourth-order valence-electron chi connectivity index (χ4n) is 2.41. The van der Waals surface area contributed by atoms with E-state index in [4.69, 9.17) is 4.74 Å². The molecule has 0 unspecified atom stereocenters. The quantitative estimate of drug-likeness (QED) is 0.661. The Hall–Kier alpha value is -3.41. The van der Waals surface area contributed by atoms with E-state index in [9.17, 15) is 4.79 Å². The third kappa shape index (κ3) is 5.54. The van der Waals surface area contributed by atoms with Gasteiger partial charge < -0.3 is 15.4 Å². The summed E-state index contributed by atoms with van der Waals surface area (Å²) in [6.07, 6.45) is 3.12. The van der Waals surface area contributed by atoms with Gasteiger partial charge in [-0.25, -0.2) is 9.97 Å². The first-order valence-corrected chi connectivity index (χ1v) is 8.78. The molecule has 0 aliphatic heterocycles. The summed E-state index contributed by atoms with van der Waals surface area (Å²) in [6.45, 7) is 4.57. The molecule has 6 heteroatoms. The number of nitrogens with zero attached hydrogens (tertiary/aromatic N) is 2. The molecule has 0 fully saturated rings. The molecule has 3 aromatic rings. The number of hydrogen-bond acceptors (Lipinski definition) is 5. The highest BCUT2D eigenvalue weighted by molar-refractivity contribution is 6.02. The van der Waals surface area contributed by atoms with E-state index >= 15 is 0 Å². The summed E-state index contributed by atoms with van der Waals surface area (Å²) < 4.78 is 5.58. The van der Waals surface area contributed by atoms with Crippen LogP contribution in [-0.2, 0) is 6.54 Å². The number of aromatic nitrogens is 2. The van der Waals surface area contributed by atoms with E-state index in [0.717, 1.165) is 11.3 Å². The van der Waals surface area contributed by atoms with Crippen LogP contribution in [0.4, 0.5) is 11.5 Å². The number of rotatable bonds is 7. The summed E-state index contributed by atoms with van der Waals surface area (Å²) in [6, 6.07) is 17.2. The number of hydrogen-bond donors (Lipinski definition) is 2. The van der Waals surface area contributed by atoms with Crippen LogP contribution in [0.3, 0.4) is 0 Å². The lowest BCUT2D eigenvalue weighted by atomic mass is 10.2. The number of benzene rings is 2. The fraction of sp³-hybridized carbons (Fsp3) is 0.190. The molecule has 1 aromatic heterocycles. The summed E-state index contributed by atoms with van der Waals surface area (Å²) in [7, 11) is 0. The molecule has 0 radical (unpaired) electrons. The normalized spacial score (nSPS) is 10.5. The van der Waals surface area contributed by atoms with Crippen molar-refractivity contribution in [3.8, 4) is 5.75 Å². The molecule has 1 heterocycles. The zero-order chi connectivity index (χ0) is 19.1. The van der Waals surface area contributed by atoms with E-state index in [1.807, 2.05) is 56.3 Å². The number of anilines is 2. The molecule has 27 heavy (non-hydrogen) atoms. The van der Waals surface area contributed by atoms with Gasteiger partial charge in [-0.1, -0.05) is 30.3 Å². The van der Waals surface area contributed by atoms with Crippen LogP contribution in [0.1, 0.15) is 29.9 Å². The van der Waals surface area contributed by atoms with Crippen LogP contribution in [0.15, 0.2) is 67.0 Å². The van der Waals surface area contributed by atoms with Crippen LogP contribution in [0, 0.1) is 0 Å². The predicted molar refractivity (Wildman–Crippen MR) is 106 cm³/mol. The van der Waals surface area contributed by atoms with Crippen molar-refractivity contribution < 1.29 is 9.53 Å². The Bertz CT molecular complexity index is 863. The van der Waals surface area contributed by atoms with Gasteiger partial charge in [0.2, 0.25) is 0 Å². The van der Waals surface area contributed by atoms with Gasteiger partial charge in [-0.05, 0) is 43.7 Å². The molecule has 2 aromatic carbocycles. The zero-order valence-corrected chi connectivity index (χ0v) is 15.3. The van der Waals surface area contributed by atoms with Gasteiger partial charge in [0.15, 0.2) is 0 Å². The van der Waals surface area contributed by atoms with Crippen molar-refractivity contribution >= 4 is 17.4 Å². The summed E-state index contributed by atoms with van der Waals surface area (Å²) in [4.78, 5) is 20.7. The second-order valence-corrected chi connectivity index (χ2v) is 6.27. The number of amides is 1. The molecule has 0 aliphatic rings. The zero-order valence-electron chi connectivity index (χ0n) is 15.3. The average molecular weight is 362 g/mol. The molecule has 6 nitrogen and oxygen atoms in total. The van der Waals surface area contributed by atoms with E-state index in [1.165, 1.54) is 6.20 Å². The first-order valence-electron chi connectivity index (χ1n) is 8.78. The van der Waals surface area contributed by atoms with Gasteiger partial charge in [-0.15, -0.1) is 0 Å². The van der Waals surface area contributed by atoms with Crippen molar-refractivity contribution in [2.75, 3.05) is 10.6 Å². The predicted octanol–water partition coefficient (Wildman–Crippen LogP) is 4.13. The van der Waals surface area contributed by atoms with Crippen molar-refractivity contribution in [1.29, 1.82) is 0 Å². The third-order valence-corrected chi connectivity index (χ3v) is 3.68. The maximum absolute atomic E-state index is 12.3. The highest BCUT2D eigenvalue weighted by Crippen LogP contribution is 2.17. The number of carbonyl (C=O) groups excluding carboxylic acids is 1. The van der Waals surface area contributed by atoms with E-state index in [2.05, 4.69) is 20.6 Å². The Morgan fingerprint density at radius 1 is 1.00 bits per heavy atom. The van der Waals surface area contributed by atoms with Crippen LogP contribution < -0.4 is 15.4 Å². The van der Waals surface area contributed by atoms with Crippen LogP contribution in [0.2, 0.25) is 0 Å². The van der Waals surface area contributed by atoms with Crippen LogP contribution in [0.5, 0.6) is 5.75 Å². The molecule has 0 bridgehead atoms. The molecule has 1 amide bonds. The van der Waals surface area contributed by atoms with Gasteiger partial charge in [0, 0.05) is 12.2 Å². The molecule has 3 rings (SSSR count). The fourth-order valence-corrected chi connectivity index (χ4v) is 2.41. The first-order chi connectivity index (χ1) is 13.1. The highest BCUT2D eigenvalue weighted by Gasteiger charge is 2.09. The molecular weight excluding hydrogens is 340 g/mol. The van der Waals surface area contributed by atoms with Crippen LogP contribution >= 0.6 is 0 Å². The maximum Gasteiger partial charge on any atom is 0.275 e. The second-order valence-electron chi connectivity index (χ2n) is 6.27. The molecule has 0 saturated carbocycles. The summed E-state index contributed by atoms with van der Waals surface area (Å²) in [5, 5.41) is 5.98. The van der Waals surface area contributed by atoms with Crippen molar-refractivity contribution in [3.63, 3.8) is 0 Å². The number of ether oxygens (including phenoxy) is 1. The Morgan fingerprint density at radius 2 is 1.74 bits per heavy atom. The maximum atomic E-state index is 12.3. The van der Waals surface area contributed by atoms with Gasteiger partial charge in [0.1, 0.15) is 17.3 Å². The summed E-state index contributed by atoms with van der Waals surface area (Å²) in [5.74, 6) is 1.07. The topological polar surface area (TPSA) is 76.1 Å². The van der Waals surface area contributed by atoms with Gasteiger partial charge in [-0.3, -0.25) is 4.79 Å². The minimum Gasteiger partial charge on any atom is -0.491 e. The highest BCUT2D eigenvalue weighted by atomic mass is 16.5. The third-order valence-electron chi connectivity index (χ3n) is 3.68. The largest absolute Gasteiger partial charge is 0.491 e. The molecule has 138 valence electrons. The number of nitrogens with one attached hydrogen (secondary N) is 2. The molecule has 0 spiro atoms. The summed E-state index contributed by atoms with van der Waals surface area (Å²) >= 11 is 0. The molecule has 0 atom stereocenters. The Morgan fingerprint density at radius 3 is 2.37 bits per heavy atom. The van der Waals surface area contributed by atoms with E-state index in [-0.39, 0.29) is 17.7 Å². The lowest BCUT2D eigenvalue weighted by molar-refractivity contribution is 0.102. The van der Waals surface area contributed by atoms with E-state index in [0.29, 0.717) is 18.1 Å². The Kier molecular flexibility index (Phi) is 5.99. The lowest BCUT2D eigenvalue weighted by Gasteiger charge is -2.10. The van der Waals surface area contributed by atoms with Gasteiger partial charge in [0.05, 0.1) is 18.5 Å². The average Bonchev–Trinajstić information content (AvgIpc) is 2.69. The van der Waals surface area contributed by atoms with E-state index < -0.39 is 0 Å². The molecule has 2 N–H and O–H groups in total. The van der Waals surface area contributed by atoms with Crippen LogP contribution in [0.25, 0.3) is 0 Å². The smallest absolute Gasteiger partial charge is 0.275 e. The van der Waals surface area contributed by atoms with Crippen molar-refractivity contribution in [1.82, 2.24) is 9.97 Å². The van der Waals surface area contributed by atoms with Crippen molar-refractivity contribution in [2.24, 2.45) is 0 Å². The minimum absolute atomic E-state index is 0.106. The van der Waals surface area contributed by atoms with Crippen LogP contribution in [-0.4, -0.2) is 22.0 Å². The van der Waals surface area contributed by atoms with Gasteiger partial charge in [0.25, 0.3) is 5.91 Å². The second kappa shape index (κ2) is 8.80. The van der Waals surface area contributed by atoms with E-state index in [1.54, 1.807) is 18.3 Å². The Labute approximate surface area is 158 Å². The first kappa shape index (κ1) is 18.4. The van der Waals surface area contributed by atoms with Crippen molar-refractivity contribution in [3.05, 3.63) is 78.2 Å². The molecular formula is C21H22N4O2. The molecule has 0 saturated heterocycles. The van der Waals surface area contributed by atoms with Gasteiger partial charge >= 0.3 is 0 Å². The standard InChI is InChI=1S/C21H22N4O2/c1-15(2)27-18-10-8-17(9-11-18)25-21(26)19-13-24-20(14-22-19)23-12-16-6-4-3-5-7-16/h3-11,13-15H,12H2,1-2H3,(H,23,24)(H,25,26). The monoisotopic (exact) mass is 362 g/mol. The lowest BCUT2D eigenvalue weighted by Crippen LogP contribution is -2.14. The molecule has 0 aliphatic carbocycles. The minimum atomic E-state index is -0.311. The van der Waals surface area contributed by atoms with Gasteiger partial charge in [-0.2, -0.15) is 0 Å². The SMILES string of the molecule is CC(C)Oc1ccc(NC(=O)c2cnc(NCc3ccccc3)cn2)cc1. The summed E-state index contributed by atoms with van der Waals surface area (Å²) in [5.41, 5.74) is 2.07. The Balaban J connectivity index is 1.55. The number of carbonyl (C=O) groups is 1.